The normalized spacial score (nSPS) is 24.2. The fourth-order valence-electron chi connectivity index (χ4n) is 4.14. The fourth-order valence-corrected chi connectivity index (χ4v) is 4.14. The van der Waals surface area contributed by atoms with E-state index in [0.29, 0.717) is 25.5 Å². The molecule has 1 amide bonds. The number of hydrogen-bond acceptors (Lipinski definition) is 5. The Morgan fingerprint density at radius 3 is 2.82 bits per heavy atom. The number of rotatable bonds is 0. The molecule has 150 valence electrons. The van der Waals surface area contributed by atoms with Crippen molar-refractivity contribution in [3.05, 3.63) is 41.7 Å². The maximum atomic E-state index is 12.5. The fraction of sp³-hybridized carbons (Fsp3) is 0.571. The molecule has 1 aromatic heterocycles. The molecular formula is C21H29N5O2. The number of benzene rings is 1. The van der Waals surface area contributed by atoms with Gasteiger partial charge >= 0.3 is 0 Å². The Morgan fingerprint density at radius 2 is 1.96 bits per heavy atom. The van der Waals surface area contributed by atoms with E-state index >= 15 is 0 Å². The van der Waals surface area contributed by atoms with E-state index in [1.54, 1.807) is 4.68 Å². The van der Waals surface area contributed by atoms with Gasteiger partial charge in [0, 0.05) is 39.6 Å². The van der Waals surface area contributed by atoms with Gasteiger partial charge in [-0.25, -0.2) is 0 Å². The lowest BCUT2D eigenvalue weighted by molar-refractivity contribution is -0.130. The first-order valence-corrected chi connectivity index (χ1v) is 10.2. The number of carbonyl (C=O) groups excluding carboxylic acids is 1. The van der Waals surface area contributed by atoms with Crippen LogP contribution in [0.3, 0.4) is 0 Å². The van der Waals surface area contributed by atoms with E-state index in [9.17, 15) is 4.79 Å². The third-order valence-electron chi connectivity index (χ3n) is 5.64. The molecule has 2 aromatic rings. The number of aromatic nitrogens is 3. The first-order valence-electron chi connectivity index (χ1n) is 10.2. The maximum absolute atomic E-state index is 12.5. The van der Waals surface area contributed by atoms with Gasteiger partial charge in [-0.15, -0.1) is 5.10 Å². The molecule has 1 saturated heterocycles. The van der Waals surface area contributed by atoms with Crippen LogP contribution in [-0.4, -0.2) is 57.4 Å². The van der Waals surface area contributed by atoms with Crippen molar-refractivity contribution in [2.45, 2.75) is 45.4 Å². The summed E-state index contributed by atoms with van der Waals surface area (Å²) in [5.74, 6) is 1.61. The molecular weight excluding hydrogens is 354 g/mol. The molecule has 2 atom stereocenters. The smallest absolute Gasteiger partial charge is 0.222 e. The molecule has 3 aliphatic rings. The van der Waals surface area contributed by atoms with Crippen LogP contribution in [0.2, 0.25) is 0 Å². The molecule has 4 heterocycles. The lowest BCUT2D eigenvalue weighted by Gasteiger charge is -2.34. The number of hydrogen-bond donors (Lipinski definition) is 0. The van der Waals surface area contributed by atoms with Crippen molar-refractivity contribution in [1.82, 2.24) is 24.8 Å². The number of carbonyl (C=O) groups is 1. The minimum atomic E-state index is 0.217. The van der Waals surface area contributed by atoms with E-state index in [1.807, 2.05) is 30.3 Å². The zero-order valence-corrected chi connectivity index (χ0v) is 16.6. The summed E-state index contributed by atoms with van der Waals surface area (Å²) in [7, 11) is 1.94. The Bertz CT molecular complexity index is 788. The molecule has 7 nitrogen and oxygen atoms in total. The Kier molecular flexibility index (Phi) is 5.90. The summed E-state index contributed by atoms with van der Waals surface area (Å²) in [6.07, 6.45) is 5.60. The standard InChI is InChI=1S/C21H29N5O2/c1-24-12-18-4-2-10-25(14-18)13-17-6-8-20(9-7-17)28-16-19-15-26(23-22-19)11-3-5-21(24)27/h6-9,15,18H,2-5,10-14,16H2,1H3. The van der Waals surface area contributed by atoms with E-state index in [4.69, 9.17) is 4.74 Å². The van der Waals surface area contributed by atoms with E-state index in [1.165, 1.54) is 18.4 Å². The minimum Gasteiger partial charge on any atom is -0.487 e. The average molecular weight is 383 g/mol. The maximum Gasteiger partial charge on any atom is 0.222 e. The van der Waals surface area contributed by atoms with Crippen LogP contribution in [0.15, 0.2) is 30.5 Å². The Labute approximate surface area is 166 Å². The van der Waals surface area contributed by atoms with Gasteiger partial charge in [-0.2, -0.15) is 0 Å². The van der Waals surface area contributed by atoms with Gasteiger partial charge in [0.25, 0.3) is 0 Å². The first kappa shape index (κ1) is 18.9. The SMILES string of the molecule is CN1CC2CCCN(Cc3ccc(cc3)OCc3cn(nn3)CCCC1=O)C2. The zero-order valence-electron chi connectivity index (χ0n) is 16.6. The summed E-state index contributed by atoms with van der Waals surface area (Å²) in [5, 5.41) is 8.30. The topological polar surface area (TPSA) is 63.5 Å². The number of nitrogens with zero attached hydrogens (tertiary/aromatic N) is 5. The molecule has 1 fully saturated rings. The predicted molar refractivity (Wildman–Crippen MR) is 106 cm³/mol. The van der Waals surface area contributed by atoms with Crippen LogP contribution in [0, 0.1) is 5.92 Å². The van der Waals surface area contributed by atoms with Crippen molar-refractivity contribution in [2.75, 3.05) is 26.7 Å². The van der Waals surface area contributed by atoms with Crippen molar-refractivity contribution < 1.29 is 9.53 Å². The number of amides is 1. The number of aryl methyl sites for hydroxylation is 1. The number of piperidine rings is 1. The summed E-state index contributed by atoms with van der Waals surface area (Å²) in [5.41, 5.74) is 2.09. The third-order valence-corrected chi connectivity index (χ3v) is 5.64. The van der Waals surface area contributed by atoms with E-state index in [-0.39, 0.29) is 5.91 Å². The van der Waals surface area contributed by atoms with Gasteiger partial charge in [-0.05, 0) is 49.4 Å². The molecule has 6 bridgehead atoms. The number of fused-ring (bicyclic) bond motifs is 8. The highest BCUT2D eigenvalue weighted by atomic mass is 16.5. The van der Waals surface area contributed by atoms with Crippen molar-refractivity contribution in [2.24, 2.45) is 5.92 Å². The lowest BCUT2D eigenvalue weighted by Crippen LogP contribution is -2.41. The van der Waals surface area contributed by atoms with Crippen LogP contribution in [0.4, 0.5) is 0 Å². The highest BCUT2D eigenvalue weighted by Crippen LogP contribution is 2.21. The van der Waals surface area contributed by atoms with Crippen LogP contribution in [-0.2, 0) is 24.5 Å². The average Bonchev–Trinajstić information content (AvgIpc) is 3.15. The van der Waals surface area contributed by atoms with Crippen LogP contribution in [0.1, 0.15) is 36.9 Å². The van der Waals surface area contributed by atoms with Gasteiger partial charge in [0.15, 0.2) is 0 Å². The van der Waals surface area contributed by atoms with E-state index in [0.717, 1.165) is 44.0 Å². The van der Waals surface area contributed by atoms with Crippen molar-refractivity contribution in [3.8, 4) is 5.75 Å². The van der Waals surface area contributed by atoms with Crippen molar-refractivity contribution >= 4 is 5.91 Å². The lowest BCUT2D eigenvalue weighted by atomic mass is 9.97. The van der Waals surface area contributed by atoms with Gasteiger partial charge in [0.05, 0.1) is 6.20 Å². The van der Waals surface area contributed by atoms with Gasteiger partial charge in [0.1, 0.15) is 18.1 Å². The molecule has 0 aliphatic carbocycles. The van der Waals surface area contributed by atoms with E-state index in [2.05, 4.69) is 27.3 Å². The Balaban J connectivity index is 1.49. The molecule has 28 heavy (non-hydrogen) atoms. The third kappa shape index (κ3) is 4.90. The molecule has 7 heteroatoms. The zero-order chi connectivity index (χ0) is 19.3. The molecule has 1 aromatic carbocycles. The van der Waals surface area contributed by atoms with Crippen LogP contribution in [0.25, 0.3) is 0 Å². The second-order valence-electron chi connectivity index (χ2n) is 8.03. The molecule has 0 radical (unpaired) electrons. The van der Waals surface area contributed by atoms with Gasteiger partial charge in [-0.1, -0.05) is 17.3 Å². The van der Waals surface area contributed by atoms with E-state index < -0.39 is 0 Å². The summed E-state index contributed by atoms with van der Waals surface area (Å²) in [4.78, 5) is 16.9. The quantitative estimate of drug-likeness (QED) is 0.699. The molecule has 3 aliphatic heterocycles. The number of ether oxygens (including phenoxy) is 1. The summed E-state index contributed by atoms with van der Waals surface area (Å²) in [6.45, 7) is 5.06. The Morgan fingerprint density at radius 1 is 1.11 bits per heavy atom. The van der Waals surface area contributed by atoms with Crippen molar-refractivity contribution in [1.29, 1.82) is 0 Å². The molecule has 5 rings (SSSR count). The highest BCUT2D eigenvalue weighted by Gasteiger charge is 2.23. The van der Waals surface area contributed by atoms with Gasteiger partial charge in [0.2, 0.25) is 5.91 Å². The summed E-state index contributed by atoms with van der Waals surface area (Å²) >= 11 is 0. The largest absolute Gasteiger partial charge is 0.487 e. The summed E-state index contributed by atoms with van der Waals surface area (Å²) in [6, 6.07) is 8.34. The molecule has 0 N–H and O–H groups in total. The monoisotopic (exact) mass is 383 g/mol. The molecule has 0 saturated carbocycles. The van der Waals surface area contributed by atoms with Gasteiger partial charge in [-0.3, -0.25) is 14.4 Å². The van der Waals surface area contributed by atoms with Crippen molar-refractivity contribution in [3.63, 3.8) is 0 Å². The van der Waals surface area contributed by atoms with Crippen LogP contribution in [0.5, 0.6) is 5.75 Å². The second kappa shape index (κ2) is 8.73. The Hall–Kier alpha value is -2.41. The van der Waals surface area contributed by atoms with Gasteiger partial charge < -0.3 is 9.64 Å². The van der Waals surface area contributed by atoms with Crippen LogP contribution >= 0.6 is 0 Å². The van der Waals surface area contributed by atoms with Crippen LogP contribution < -0.4 is 4.74 Å². The highest BCUT2D eigenvalue weighted by molar-refractivity contribution is 5.75. The predicted octanol–water partition coefficient (Wildman–Crippen LogP) is 2.32. The minimum absolute atomic E-state index is 0.217. The second-order valence-corrected chi connectivity index (χ2v) is 8.03. The first-order chi connectivity index (χ1) is 13.7. The summed E-state index contributed by atoms with van der Waals surface area (Å²) < 4.78 is 7.64. The molecule has 2 unspecified atom stereocenters. The molecule has 0 spiro atoms.